The third-order valence-electron chi connectivity index (χ3n) is 3.66. The van der Waals surface area contributed by atoms with E-state index in [1.54, 1.807) is 0 Å². The predicted octanol–water partition coefficient (Wildman–Crippen LogP) is 4.43. The molecule has 0 saturated carbocycles. The summed E-state index contributed by atoms with van der Waals surface area (Å²) >= 11 is 0. The zero-order valence-electron chi connectivity index (χ0n) is 15.4. The van der Waals surface area contributed by atoms with Crippen LogP contribution in [0.1, 0.15) is 50.8 Å². The summed E-state index contributed by atoms with van der Waals surface area (Å²) in [6.07, 6.45) is 2.75. The van der Waals surface area contributed by atoms with E-state index in [1.165, 1.54) is 0 Å². The van der Waals surface area contributed by atoms with Crippen LogP contribution in [0.4, 0.5) is 0 Å². The maximum Gasteiger partial charge on any atom is 0.241 e. The fraction of sp³-hybridized carbons (Fsp3) is 0.526. The molecule has 0 unspecified atom stereocenters. The van der Waals surface area contributed by atoms with Crippen LogP contribution >= 0.6 is 0 Å². The van der Waals surface area contributed by atoms with E-state index in [9.17, 15) is 8.42 Å². The standard InChI is InChI=1S/C19H29NO2S/c1-14(2)9-8-10-19(6,7)13-20-23(21,22)18-16(4)11-15(3)12-17(18)5/h8,11-12,20H,10,13H2,1-7H3. The van der Waals surface area contributed by atoms with E-state index in [1.807, 2.05) is 66.7 Å². The molecule has 4 heteroatoms. The van der Waals surface area contributed by atoms with Crippen molar-refractivity contribution in [3.8, 4) is 0 Å². The molecule has 0 heterocycles. The normalized spacial score (nSPS) is 12.0. The number of benzene rings is 1. The Morgan fingerprint density at radius 3 is 2.17 bits per heavy atom. The molecule has 0 aliphatic rings. The lowest BCUT2D eigenvalue weighted by molar-refractivity contribution is 0.368. The van der Waals surface area contributed by atoms with Crippen LogP contribution in [0.15, 0.2) is 34.4 Å². The lowest BCUT2D eigenvalue weighted by Gasteiger charge is -2.23. The van der Waals surface area contributed by atoms with Gasteiger partial charge in [-0.25, -0.2) is 13.1 Å². The second-order valence-electron chi connectivity index (χ2n) is 7.27. The van der Waals surface area contributed by atoms with Crippen molar-refractivity contribution in [3.63, 3.8) is 0 Å². The summed E-state index contributed by atoms with van der Waals surface area (Å²) < 4.78 is 28.1. The van der Waals surface area contributed by atoms with Crippen molar-refractivity contribution in [3.05, 3.63) is 46.2 Å². The highest BCUT2D eigenvalue weighted by Gasteiger charge is 2.24. The maximum atomic E-state index is 12.7. The molecule has 1 aromatic carbocycles. The topological polar surface area (TPSA) is 46.2 Å². The molecule has 1 N–H and O–H groups in total. The first kappa shape index (κ1) is 19.7. The lowest BCUT2D eigenvalue weighted by atomic mass is 9.90. The Labute approximate surface area is 141 Å². The third kappa shape index (κ3) is 5.98. The smallest absolute Gasteiger partial charge is 0.211 e. The lowest BCUT2D eigenvalue weighted by Crippen LogP contribution is -2.34. The van der Waals surface area contributed by atoms with Crippen LogP contribution in [0, 0.1) is 26.2 Å². The third-order valence-corrected chi connectivity index (χ3v) is 5.37. The van der Waals surface area contributed by atoms with Crippen LogP contribution in [-0.2, 0) is 10.0 Å². The van der Waals surface area contributed by atoms with Crippen LogP contribution < -0.4 is 4.72 Å². The van der Waals surface area contributed by atoms with Crippen LogP contribution in [0.5, 0.6) is 0 Å². The molecule has 1 rings (SSSR count). The van der Waals surface area contributed by atoms with E-state index in [-0.39, 0.29) is 5.41 Å². The zero-order chi connectivity index (χ0) is 17.8. The first-order valence-corrected chi connectivity index (χ1v) is 9.39. The summed E-state index contributed by atoms with van der Waals surface area (Å²) in [4.78, 5) is 0.402. The molecule has 0 aliphatic heterocycles. The van der Waals surface area contributed by atoms with Gasteiger partial charge < -0.3 is 0 Å². The summed E-state index contributed by atoms with van der Waals surface area (Å²) in [5.74, 6) is 0. The Morgan fingerprint density at radius 2 is 1.70 bits per heavy atom. The van der Waals surface area contributed by atoms with E-state index < -0.39 is 10.0 Å². The zero-order valence-corrected chi connectivity index (χ0v) is 16.2. The average molecular weight is 336 g/mol. The van der Waals surface area contributed by atoms with E-state index >= 15 is 0 Å². The molecular weight excluding hydrogens is 306 g/mol. The quantitative estimate of drug-likeness (QED) is 0.782. The summed E-state index contributed by atoms with van der Waals surface area (Å²) in [7, 11) is -3.50. The number of sulfonamides is 1. The van der Waals surface area contributed by atoms with Crippen molar-refractivity contribution in [2.45, 2.75) is 59.8 Å². The van der Waals surface area contributed by atoms with Crippen molar-refractivity contribution in [1.82, 2.24) is 4.72 Å². The summed E-state index contributed by atoms with van der Waals surface area (Å²) in [6, 6.07) is 3.81. The van der Waals surface area contributed by atoms with Crippen molar-refractivity contribution >= 4 is 10.0 Å². The molecule has 0 atom stereocenters. The number of rotatable bonds is 6. The molecule has 23 heavy (non-hydrogen) atoms. The van der Waals surface area contributed by atoms with Crippen molar-refractivity contribution in [1.29, 1.82) is 0 Å². The van der Waals surface area contributed by atoms with E-state index in [4.69, 9.17) is 0 Å². The van der Waals surface area contributed by atoms with Gasteiger partial charge in [-0.2, -0.15) is 0 Å². The van der Waals surface area contributed by atoms with Gasteiger partial charge in [-0.05, 0) is 69.2 Å². The number of hydrogen-bond acceptors (Lipinski definition) is 2. The van der Waals surface area contributed by atoms with Gasteiger partial charge in [0.2, 0.25) is 10.0 Å². The number of nitrogens with one attached hydrogen (secondary N) is 1. The Bertz CT molecular complexity index is 710. The second-order valence-corrected chi connectivity index (χ2v) is 8.97. The van der Waals surface area contributed by atoms with Gasteiger partial charge in [0.1, 0.15) is 0 Å². The van der Waals surface area contributed by atoms with Gasteiger partial charge in [-0.15, -0.1) is 5.73 Å². The minimum absolute atomic E-state index is 0.165. The van der Waals surface area contributed by atoms with Gasteiger partial charge >= 0.3 is 0 Å². The number of hydrogen-bond donors (Lipinski definition) is 1. The maximum absolute atomic E-state index is 12.7. The molecule has 0 radical (unpaired) electrons. The molecule has 0 saturated heterocycles. The van der Waals surface area contributed by atoms with Gasteiger partial charge in [0, 0.05) is 6.54 Å². The van der Waals surface area contributed by atoms with Gasteiger partial charge in [0.15, 0.2) is 0 Å². The van der Waals surface area contributed by atoms with Crippen LogP contribution in [0.25, 0.3) is 0 Å². The molecule has 0 amide bonds. The van der Waals surface area contributed by atoms with Crippen LogP contribution in [-0.4, -0.2) is 15.0 Å². The SMILES string of the molecule is CC(C)=C=CCC(C)(C)CNS(=O)(=O)c1c(C)cc(C)cc1C. The second kappa shape index (κ2) is 7.48. The van der Waals surface area contributed by atoms with Gasteiger partial charge in [-0.1, -0.05) is 31.5 Å². The predicted molar refractivity (Wildman–Crippen MR) is 97.2 cm³/mol. The highest BCUT2D eigenvalue weighted by atomic mass is 32.2. The summed E-state index contributed by atoms with van der Waals surface area (Å²) in [6.45, 7) is 14.1. The van der Waals surface area contributed by atoms with Crippen molar-refractivity contribution < 1.29 is 8.42 Å². The molecule has 0 spiro atoms. The highest BCUT2D eigenvalue weighted by molar-refractivity contribution is 7.89. The first-order chi connectivity index (χ1) is 10.4. The fourth-order valence-electron chi connectivity index (χ4n) is 2.56. The van der Waals surface area contributed by atoms with Crippen LogP contribution in [0.3, 0.4) is 0 Å². The Balaban J connectivity index is 2.94. The molecule has 0 fully saturated rings. The molecule has 3 nitrogen and oxygen atoms in total. The Kier molecular flexibility index (Phi) is 6.41. The monoisotopic (exact) mass is 335 g/mol. The molecule has 0 bridgehead atoms. The van der Waals surface area contributed by atoms with Crippen molar-refractivity contribution in [2.24, 2.45) is 5.41 Å². The van der Waals surface area contributed by atoms with Gasteiger partial charge in [0.05, 0.1) is 4.90 Å². The van der Waals surface area contributed by atoms with E-state index in [0.717, 1.165) is 28.7 Å². The Hall–Kier alpha value is -1.35. The minimum Gasteiger partial charge on any atom is -0.211 e. The largest absolute Gasteiger partial charge is 0.241 e. The Morgan fingerprint density at radius 1 is 1.17 bits per heavy atom. The molecule has 128 valence electrons. The fourth-order valence-corrected chi connectivity index (χ4v) is 4.25. The highest BCUT2D eigenvalue weighted by Crippen LogP contribution is 2.24. The first-order valence-electron chi connectivity index (χ1n) is 7.90. The van der Waals surface area contributed by atoms with Gasteiger partial charge in [-0.3, -0.25) is 0 Å². The number of allylic oxidation sites excluding steroid dienone is 1. The van der Waals surface area contributed by atoms with Crippen molar-refractivity contribution in [2.75, 3.05) is 6.54 Å². The number of aryl methyl sites for hydroxylation is 3. The van der Waals surface area contributed by atoms with E-state index in [2.05, 4.69) is 10.5 Å². The molecule has 0 aromatic heterocycles. The average Bonchev–Trinajstić information content (AvgIpc) is 2.34. The molecule has 1 aromatic rings. The molecule has 0 aliphatic carbocycles. The molecular formula is C19H29NO2S. The summed E-state index contributed by atoms with van der Waals surface area (Å²) in [5, 5.41) is 0. The summed E-state index contributed by atoms with van der Waals surface area (Å²) in [5.41, 5.74) is 6.78. The van der Waals surface area contributed by atoms with Gasteiger partial charge in [0.25, 0.3) is 0 Å². The minimum atomic E-state index is -3.50. The van der Waals surface area contributed by atoms with Crippen LogP contribution in [0.2, 0.25) is 0 Å². The van der Waals surface area contributed by atoms with E-state index in [0.29, 0.717) is 11.4 Å².